The van der Waals surface area contributed by atoms with Crippen molar-refractivity contribution in [2.45, 2.75) is 39.3 Å². The molecule has 0 saturated heterocycles. The summed E-state index contributed by atoms with van der Waals surface area (Å²) in [5, 5.41) is 0. The van der Waals surface area contributed by atoms with Crippen LogP contribution in [0.1, 0.15) is 33.3 Å². The summed E-state index contributed by atoms with van der Waals surface area (Å²) in [6.07, 6.45) is 0.0989. The van der Waals surface area contributed by atoms with Gasteiger partial charge in [-0.25, -0.2) is 4.99 Å². The van der Waals surface area contributed by atoms with E-state index in [0.29, 0.717) is 12.5 Å². The summed E-state index contributed by atoms with van der Waals surface area (Å²) in [6.45, 7) is 8.76. The molecule has 4 heteroatoms. The lowest BCUT2D eigenvalue weighted by Gasteiger charge is -2.17. The Morgan fingerprint density at radius 2 is 1.80 bits per heavy atom. The van der Waals surface area contributed by atoms with Crippen molar-refractivity contribution in [1.82, 2.24) is 0 Å². The number of benzene rings is 2. The topological polar surface area (TPSA) is 40.0 Å². The molecule has 0 N–H and O–H groups in total. The predicted molar refractivity (Wildman–Crippen MR) is 101 cm³/mol. The molecule has 3 rings (SSSR count). The van der Waals surface area contributed by atoms with E-state index in [4.69, 9.17) is 19.2 Å². The molecule has 0 saturated carbocycles. The molecule has 2 aromatic carbocycles. The smallest absolute Gasteiger partial charge is 0.217 e. The fourth-order valence-corrected chi connectivity index (χ4v) is 2.83. The molecular formula is C21H25NO3. The molecule has 1 heterocycles. The van der Waals surface area contributed by atoms with E-state index < -0.39 is 0 Å². The van der Waals surface area contributed by atoms with Gasteiger partial charge in [0.1, 0.15) is 18.1 Å². The monoisotopic (exact) mass is 339 g/mol. The number of ether oxygens (including phenoxy) is 3. The van der Waals surface area contributed by atoms with E-state index in [9.17, 15) is 0 Å². The average molecular weight is 339 g/mol. The Bertz CT molecular complexity index is 793. The summed E-state index contributed by atoms with van der Waals surface area (Å²) in [6, 6.07) is 14.0. The summed E-state index contributed by atoms with van der Waals surface area (Å²) in [5.41, 5.74) is 2.74. The Balaban J connectivity index is 2.15. The van der Waals surface area contributed by atoms with E-state index in [-0.39, 0.29) is 11.6 Å². The molecule has 0 atom stereocenters. The highest BCUT2D eigenvalue weighted by atomic mass is 16.5. The second-order valence-corrected chi connectivity index (χ2v) is 7.09. The summed E-state index contributed by atoms with van der Waals surface area (Å²) in [5.74, 6) is 2.28. The fourth-order valence-electron chi connectivity index (χ4n) is 2.83. The van der Waals surface area contributed by atoms with Gasteiger partial charge in [-0.3, -0.25) is 0 Å². The third kappa shape index (κ3) is 3.78. The highest BCUT2D eigenvalue weighted by Gasteiger charge is 2.29. The van der Waals surface area contributed by atoms with Gasteiger partial charge in [-0.15, -0.1) is 0 Å². The van der Waals surface area contributed by atoms with Gasteiger partial charge in [0.15, 0.2) is 0 Å². The van der Waals surface area contributed by atoms with Crippen LogP contribution in [0.3, 0.4) is 0 Å². The average Bonchev–Trinajstić information content (AvgIpc) is 2.94. The van der Waals surface area contributed by atoms with Crippen molar-refractivity contribution in [3.8, 4) is 22.6 Å². The van der Waals surface area contributed by atoms with Crippen LogP contribution in [0.2, 0.25) is 0 Å². The maximum absolute atomic E-state index is 6.00. The van der Waals surface area contributed by atoms with Crippen molar-refractivity contribution in [3.05, 3.63) is 48.0 Å². The maximum Gasteiger partial charge on any atom is 0.217 e. The second kappa shape index (κ2) is 6.79. The normalized spacial score (nSPS) is 15.7. The molecule has 0 spiro atoms. The first-order chi connectivity index (χ1) is 11.9. The fraction of sp³-hybridized carbons (Fsp3) is 0.381. The van der Waals surface area contributed by atoms with Crippen LogP contribution in [0.25, 0.3) is 11.1 Å². The van der Waals surface area contributed by atoms with E-state index >= 15 is 0 Å². The zero-order valence-corrected chi connectivity index (χ0v) is 15.5. The molecule has 0 aliphatic carbocycles. The van der Waals surface area contributed by atoms with Crippen molar-refractivity contribution in [3.63, 3.8) is 0 Å². The number of hydrogen-bond donors (Lipinski definition) is 0. The van der Waals surface area contributed by atoms with Crippen molar-refractivity contribution < 1.29 is 14.2 Å². The van der Waals surface area contributed by atoms with Crippen LogP contribution in [0, 0.1) is 0 Å². The number of para-hydroxylation sites is 1. The van der Waals surface area contributed by atoms with Gasteiger partial charge in [0.25, 0.3) is 0 Å². The van der Waals surface area contributed by atoms with Crippen LogP contribution in [-0.4, -0.2) is 31.3 Å². The number of nitrogens with zero attached hydrogens (tertiary/aromatic N) is 1. The first-order valence-electron chi connectivity index (χ1n) is 8.57. The highest BCUT2D eigenvalue weighted by molar-refractivity contribution is 6.02. The molecule has 0 bridgehead atoms. The molecule has 0 fully saturated rings. The molecule has 2 aromatic rings. The zero-order valence-electron chi connectivity index (χ0n) is 15.5. The van der Waals surface area contributed by atoms with Gasteiger partial charge in [-0.1, -0.05) is 18.2 Å². The molecule has 0 aromatic heterocycles. The number of rotatable bonds is 5. The largest absolute Gasteiger partial charge is 0.497 e. The summed E-state index contributed by atoms with van der Waals surface area (Å²) >= 11 is 0. The van der Waals surface area contributed by atoms with Crippen LogP contribution in [-0.2, 0) is 4.74 Å². The summed E-state index contributed by atoms with van der Waals surface area (Å²) in [4.78, 5) is 4.74. The quantitative estimate of drug-likeness (QED) is 0.792. The van der Waals surface area contributed by atoms with Crippen LogP contribution in [0.4, 0.5) is 0 Å². The Labute approximate surface area is 149 Å². The maximum atomic E-state index is 6.00. The molecule has 1 aliphatic rings. The lowest BCUT2D eigenvalue weighted by atomic mass is 9.98. The highest BCUT2D eigenvalue weighted by Crippen LogP contribution is 2.36. The Kier molecular flexibility index (Phi) is 4.71. The number of methoxy groups -OCH3 is 1. The predicted octanol–water partition coefficient (Wildman–Crippen LogP) is 4.70. The molecule has 0 unspecified atom stereocenters. The minimum absolute atomic E-state index is 0.0989. The molecule has 0 radical (unpaired) electrons. The van der Waals surface area contributed by atoms with Gasteiger partial charge >= 0.3 is 0 Å². The second-order valence-electron chi connectivity index (χ2n) is 7.09. The SMILES string of the molecule is COc1ccc(-c2ccccc2OC(C)C)c(C2=NC(C)(C)CO2)c1. The van der Waals surface area contributed by atoms with E-state index in [2.05, 4.69) is 19.9 Å². The van der Waals surface area contributed by atoms with Gasteiger partial charge in [-0.2, -0.15) is 0 Å². The lowest BCUT2D eigenvalue weighted by Crippen LogP contribution is -2.17. The van der Waals surface area contributed by atoms with E-state index in [1.807, 2.05) is 50.2 Å². The van der Waals surface area contributed by atoms with Gasteiger partial charge in [0, 0.05) is 11.1 Å². The zero-order chi connectivity index (χ0) is 18.0. The van der Waals surface area contributed by atoms with Crippen molar-refractivity contribution in [1.29, 1.82) is 0 Å². The molecule has 132 valence electrons. The van der Waals surface area contributed by atoms with E-state index in [0.717, 1.165) is 28.2 Å². The number of hydrogen-bond acceptors (Lipinski definition) is 4. The minimum Gasteiger partial charge on any atom is -0.497 e. The first-order valence-corrected chi connectivity index (χ1v) is 8.57. The van der Waals surface area contributed by atoms with Crippen LogP contribution in [0.5, 0.6) is 11.5 Å². The van der Waals surface area contributed by atoms with Gasteiger partial charge < -0.3 is 14.2 Å². The van der Waals surface area contributed by atoms with Gasteiger partial charge in [-0.05, 0) is 57.5 Å². The van der Waals surface area contributed by atoms with Gasteiger partial charge in [0.2, 0.25) is 5.90 Å². The standard InChI is InChI=1S/C21H25NO3/c1-14(2)25-19-9-7-6-8-17(19)16-11-10-15(23-5)12-18(16)20-22-21(3,4)13-24-20/h6-12,14H,13H2,1-5H3. The Morgan fingerprint density at radius 3 is 2.44 bits per heavy atom. The van der Waals surface area contributed by atoms with Crippen molar-refractivity contribution in [2.75, 3.05) is 13.7 Å². The molecule has 1 aliphatic heterocycles. The molecule has 25 heavy (non-hydrogen) atoms. The van der Waals surface area contributed by atoms with Crippen LogP contribution < -0.4 is 9.47 Å². The van der Waals surface area contributed by atoms with E-state index in [1.165, 1.54) is 0 Å². The third-order valence-electron chi connectivity index (χ3n) is 3.96. The summed E-state index contributed by atoms with van der Waals surface area (Å²) < 4.78 is 17.3. The minimum atomic E-state index is -0.219. The van der Waals surface area contributed by atoms with Crippen molar-refractivity contribution >= 4 is 5.90 Å². The molecule has 0 amide bonds. The lowest BCUT2D eigenvalue weighted by molar-refractivity contribution is 0.243. The Hall–Kier alpha value is -2.49. The van der Waals surface area contributed by atoms with Crippen LogP contribution in [0.15, 0.2) is 47.5 Å². The number of aliphatic imine (C=N–C) groups is 1. The van der Waals surface area contributed by atoms with Crippen LogP contribution >= 0.6 is 0 Å². The first kappa shape index (κ1) is 17.3. The van der Waals surface area contributed by atoms with Gasteiger partial charge in [0.05, 0.1) is 18.8 Å². The molecule has 4 nitrogen and oxygen atoms in total. The van der Waals surface area contributed by atoms with Crippen molar-refractivity contribution in [2.24, 2.45) is 4.99 Å². The Morgan fingerprint density at radius 1 is 1.04 bits per heavy atom. The third-order valence-corrected chi connectivity index (χ3v) is 3.96. The van der Waals surface area contributed by atoms with E-state index in [1.54, 1.807) is 7.11 Å². The molecular weight excluding hydrogens is 314 g/mol. The summed E-state index contributed by atoms with van der Waals surface area (Å²) in [7, 11) is 1.66.